The molecule has 7 heteroatoms. The zero-order valence-corrected chi connectivity index (χ0v) is 14.0. The minimum absolute atomic E-state index is 0.0349. The summed E-state index contributed by atoms with van der Waals surface area (Å²) in [7, 11) is 0. The maximum atomic E-state index is 12.4. The van der Waals surface area contributed by atoms with Crippen LogP contribution in [0.3, 0.4) is 0 Å². The van der Waals surface area contributed by atoms with Crippen LogP contribution in [0.1, 0.15) is 26.2 Å². The van der Waals surface area contributed by atoms with E-state index in [1.165, 1.54) is 22.2 Å². The summed E-state index contributed by atoms with van der Waals surface area (Å²) in [6.45, 7) is 3.46. The Morgan fingerprint density at radius 1 is 1.57 bits per heavy atom. The smallest absolute Gasteiger partial charge is 0.262 e. The zero-order chi connectivity index (χ0) is 16.4. The van der Waals surface area contributed by atoms with Crippen molar-refractivity contribution in [2.45, 2.75) is 38.8 Å². The van der Waals surface area contributed by atoms with E-state index in [-0.39, 0.29) is 23.8 Å². The molecule has 2 atom stereocenters. The van der Waals surface area contributed by atoms with Crippen molar-refractivity contribution in [3.05, 3.63) is 28.1 Å². The molecular formula is C16H21N3O3S. The maximum Gasteiger partial charge on any atom is 0.262 e. The normalized spacial score (nSPS) is 19.9. The van der Waals surface area contributed by atoms with Gasteiger partial charge in [0.2, 0.25) is 5.91 Å². The quantitative estimate of drug-likeness (QED) is 0.918. The maximum absolute atomic E-state index is 12.4. The van der Waals surface area contributed by atoms with Gasteiger partial charge in [0.25, 0.3) is 5.56 Å². The summed E-state index contributed by atoms with van der Waals surface area (Å²) in [5.41, 5.74) is -0.0930. The lowest BCUT2D eigenvalue weighted by atomic mass is 9.93. The third kappa shape index (κ3) is 3.45. The van der Waals surface area contributed by atoms with Crippen LogP contribution in [0.2, 0.25) is 0 Å². The van der Waals surface area contributed by atoms with Crippen molar-refractivity contribution in [3.8, 4) is 0 Å². The Labute approximate surface area is 138 Å². The Hall–Kier alpha value is -1.73. The lowest BCUT2D eigenvalue weighted by Crippen LogP contribution is -2.43. The lowest BCUT2D eigenvalue weighted by Gasteiger charge is -2.34. The number of nitrogens with zero attached hydrogens (tertiary/aromatic N) is 3. The lowest BCUT2D eigenvalue weighted by molar-refractivity contribution is -0.134. The van der Waals surface area contributed by atoms with Crippen molar-refractivity contribution in [2.24, 2.45) is 5.92 Å². The Kier molecular flexibility index (Phi) is 4.77. The molecule has 0 radical (unpaired) electrons. The first-order valence-corrected chi connectivity index (χ1v) is 8.82. The molecule has 2 aromatic rings. The number of piperidine rings is 1. The largest absolute Gasteiger partial charge is 0.393 e. The first kappa shape index (κ1) is 16.1. The van der Waals surface area contributed by atoms with Gasteiger partial charge in [0.15, 0.2) is 0 Å². The number of thiophene rings is 1. The van der Waals surface area contributed by atoms with Crippen molar-refractivity contribution in [1.29, 1.82) is 0 Å². The topological polar surface area (TPSA) is 75.4 Å². The predicted molar refractivity (Wildman–Crippen MR) is 89.5 cm³/mol. The number of amides is 1. The number of carbonyl (C=O) groups excluding carboxylic acids is 1. The van der Waals surface area contributed by atoms with Crippen LogP contribution in [-0.4, -0.2) is 44.7 Å². The minimum atomic E-state index is -0.390. The Morgan fingerprint density at radius 2 is 2.39 bits per heavy atom. The summed E-state index contributed by atoms with van der Waals surface area (Å²) >= 11 is 1.44. The average molecular weight is 335 g/mol. The van der Waals surface area contributed by atoms with Crippen LogP contribution in [-0.2, 0) is 11.3 Å². The van der Waals surface area contributed by atoms with Crippen LogP contribution < -0.4 is 5.56 Å². The summed E-state index contributed by atoms with van der Waals surface area (Å²) in [6.07, 6.45) is 3.29. The molecule has 0 bridgehead atoms. The molecule has 3 heterocycles. The molecular weight excluding hydrogens is 314 g/mol. The van der Waals surface area contributed by atoms with E-state index in [1.807, 2.05) is 10.3 Å². The van der Waals surface area contributed by atoms with E-state index in [4.69, 9.17) is 0 Å². The second-order valence-corrected chi connectivity index (χ2v) is 7.01. The van der Waals surface area contributed by atoms with E-state index in [0.717, 1.165) is 24.2 Å². The first-order valence-electron chi connectivity index (χ1n) is 7.94. The molecule has 124 valence electrons. The van der Waals surface area contributed by atoms with Crippen LogP contribution in [0.4, 0.5) is 0 Å². The van der Waals surface area contributed by atoms with Gasteiger partial charge in [0.1, 0.15) is 4.83 Å². The summed E-state index contributed by atoms with van der Waals surface area (Å²) in [5.74, 6) is 0.187. The first-order chi connectivity index (χ1) is 11.1. The van der Waals surface area contributed by atoms with Crippen LogP contribution in [0.25, 0.3) is 10.2 Å². The molecule has 23 heavy (non-hydrogen) atoms. The highest BCUT2D eigenvalue weighted by atomic mass is 32.1. The van der Waals surface area contributed by atoms with E-state index in [0.29, 0.717) is 18.5 Å². The second-order valence-electron chi connectivity index (χ2n) is 6.12. The van der Waals surface area contributed by atoms with Crippen LogP contribution in [0.5, 0.6) is 0 Å². The number of likely N-dealkylation sites (tertiary alicyclic amines) is 1. The minimum Gasteiger partial charge on any atom is -0.393 e. The highest BCUT2D eigenvalue weighted by Crippen LogP contribution is 2.20. The van der Waals surface area contributed by atoms with E-state index in [1.54, 1.807) is 13.0 Å². The van der Waals surface area contributed by atoms with Crippen LogP contribution >= 0.6 is 11.3 Å². The van der Waals surface area contributed by atoms with Gasteiger partial charge in [-0.2, -0.15) is 0 Å². The summed E-state index contributed by atoms with van der Waals surface area (Å²) < 4.78 is 1.50. The molecule has 0 saturated carbocycles. The number of fused-ring (bicyclic) bond motifs is 1. The molecule has 1 aliphatic heterocycles. The molecule has 6 nitrogen and oxygen atoms in total. The van der Waals surface area contributed by atoms with Gasteiger partial charge in [-0.3, -0.25) is 14.2 Å². The van der Waals surface area contributed by atoms with Crippen molar-refractivity contribution < 1.29 is 9.90 Å². The number of aliphatic hydroxyl groups excluding tert-OH is 1. The molecule has 1 aliphatic rings. The monoisotopic (exact) mass is 335 g/mol. The molecule has 1 N–H and O–H groups in total. The van der Waals surface area contributed by atoms with Gasteiger partial charge in [0.05, 0.1) is 17.8 Å². The summed E-state index contributed by atoms with van der Waals surface area (Å²) in [5, 5.41) is 12.2. The molecule has 3 rings (SSSR count). The molecule has 2 unspecified atom stereocenters. The van der Waals surface area contributed by atoms with Gasteiger partial charge in [-0.1, -0.05) is 0 Å². The number of hydrogen-bond donors (Lipinski definition) is 1. The summed E-state index contributed by atoms with van der Waals surface area (Å²) in [4.78, 5) is 31.5. The standard InChI is InChI=1S/C16H21N3O3S/c1-11(20)12-3-2-6-18(9-12)14(21)4-7-19-10-17-15-13(16(19)22)5-8-23-15/h5,8,10-12,20H,2-4,6-7,9H2,1H3. The Balaban J connectivity index is 1.64. The van der Waals surface area contributed by atoms with E-state index in [9.17, 15) is 14.7 Å². The van der Waals surface area contributed by atoms with Crippen molar-refractivity contribution in [1.82, 2.24) is 14.5 Å². The second kappa shape index (κ2) is 6.80. The molecule has 1 saturated heterocycles. The Morgan fingerprint density at radius 3 is 3.17 bits per heavy atom. The zero-order valence-electron chi connectivity index (χ0n) is 13.1. The van der Waals surface area contributed by atoms with Crippen molar-refractivity contribution >= 4 is 27.5 Å². The fraction of sp³-hybridized carbons (Fsp3) is 0.562. The van der Waals surface area contributed by atoms with Crippen molar-refractivity contribution in [2.75, 3.05) is 13.1 Å². The molecule has 0 aliphatic carbocycles. The van der Waals surface area contributed by atoms with E-state index < -0.39 is 6.10 Å². The Bertz CT molecular complexity index is 752. The number of rotatable bonds is 4. The van der Waals surface area contributed by atoms with Gasteiger partial charge in [-0.25, -0.2) is 4.98 Å². The fourth-order valence-corrected chi connectivity index (χ4v) is 3.78. The van der Waals surface area contributed by atoms with Gasteiger partial charge in [0, 0.05) is 32.0 Å². The SMILES string of the molecule is CC(O)C1CCCN(C(=O)CCn2cnc3sccc3c2=O)C1. The predicted octanol–water partition coefficient (Wildman–Crippen LogP) is 1.47. The number of aryl methyl sites for hydroxylation is 1. The molecule has 1 fully saturated rings. The van der Waals surface area contributed by atoms with Gasteiger partial charge >= 0.3 is 0 Å². The van der Waals surface area contributed by atoms with E-state index >= 15 is 0 Å². The van der Waals surface area contributed by atoms with Crippen molar-refractivity contribution in [3.63, 3.8) is 0 Å². The highest BCUT2D eigenvalue weighted by Gasteiger charge is 2.26. The third-order valence-corrected chi connectivity index (χ3v) is 5.33. The third-order valence-electron chi connectivity index (χ3n) is 4.51. The highest BCUT2D eigenvalue weighted by molar-refractivity contribution is 7.16. The van der Waals surface area contributed by atoms with Gasteiger partial charge in [-0.05, 0) is 31.2 Å². The fourth-order valence-electron chi connectivity index (χ4n) is 3.06. The van der Waals surface area contributed by atoms with Gasteiger partial charge < -0.3 is 10.0 Å². The molecule has 1 amide bonds. The molecule has 0 spiro atoms. The van der Waals surface area contributed by atoms with Crippen LogP contribution in [0.15, 0.2) is 22.6 Å². The average Bonchev–Trinajstić information content (AvgIpc) is 3.03. The van der Waals surface area contributed by atoms with Gasteiger partial charge in [-0.15, -0.1) is 11.3 Å². The summed E-state index contributed by atoms with van der Waals surface area (Å²) in [6, 6.07) is 1.77. The molecule has 2 aromatic heterocycles. The van der Waals surface area contributed by atoms with E-state index in [2.05, 4.69) is 4.98 Å². The number of carbonyl (C=O) groups is 1. The van der Waals surface area contributed by atoms with Crippen LogP contribution in [0, 0.1) is 5.92 Å². The number of aliphatic hydroxyl groups is 1. The number of aromatic nitrogens is 2. The number of hydrogen-bond acceptors (Lipinski definition) is 5. The molecule has 0 aromatic carbocycles.